The minimum absolute atomic E-state index is 0.0497. The fourth-order valence-corrected chi connectivity index (χ4v) is 7.45. The zero-order chi connectivity index (χ0) is 15.8. The van der Waals surface area contributed by atoms with E-state index >= 15 is 0 Å². The highest BCUT2D eigenvalue weighted by molar-refractivity contribution is 5.09. The summed E-state index contributed by atoms with van der Waals surface area (Å²) >= 11 is 0. The van der Waals surface area contributed by atoms with Crippen molar-refractivity contribution in [2.45, 2.75) is 90.3 Å². The zero-order valence-electron chi connectivity index (χ0n) is 14.6. The van der Waals surface area contributed by atoms with Crippen LogP contribution in [-0.2, 0) is 0 Å². The first-order valence-electron chi connectivity index (χ1n) is 9.64. The summed E-state index contributed by atoms with van der Waals surface area (Å²) in [5.41, 5.74) is 0.424. The lowest BCUT2D eigenvalue weighted by Gasteiger charge is -2.61. The van der Waals surface area contributed by atoms with Crippen LogP contribution in [0.25, 0.3) is 0 Å². The van der Waals surface area contributed by atoms with Crippen LogP contribution in [-0.4, -0.2) is 21.9 Å². The lowest BCUT2D eigenvalue weighted by atomic mass is 9.44. The Morgan fingerprint density at radius 3 is 2.41 bits per heavy atom. The monoisotopic (exact) mass is 306 g/mol. The molecule has 22 heavy (non-hydrogen) atoms. The molecule has 126 valence electrons. The van der Waals surface area contributed by atoms with E-state index in [9.17, 15) is 10.2 Å². The van der Waals surface area contributed by atoms with Gasteiger partial charge in [-0.3, -0.25) is 0 Å². The SMILES string of the molecule is CC1(O)CCC2(C)C(CCC3C4CC(O)CC4(C)CCC32)C1. The molecule has 0 aromatic rings. The molecule has 2 nitrogen and oxygen atoms in total. The molecule has 0 bridgehead atoms. The van der Waals surface area contributed by atoms with E-state index in [1.54, 1.807) is 0 Å². The van der Waals surface area contributed by atoms with Crippen LogP contribution >= 0.6 is 0 Å². The summed E-state index contributed by atoms with van der Waals surface area (Å²) in [7, 11) is 0. The topological polar surface area (TPSA) is 40.5 Å². The number of fused-ring (bicyclic) bond motifs is 5. The highest BCUT2D eigenvalue weighted by atomic mass is 16.3. The Morgan fingerprint density at radius 1 is 0.864 bits per heavy atom. The van der Waals surface area contributed by atoms with Gasteiger partial charge in [-0.1, -0.05) is 13.8 Å². The van der Waals surface area contributed by atoms with Crippen molar-refractivity contribution in [3.05, 3.63) is 0 Å². The van der Waals surface area contributed by atoms with Gasteiger partial charge in [0.1, 0.15) is 0 Å². The van der Waals surface area contributed by atoms with Crippen molar-refractivity contribution in [2.24, 2.45) is 34.5 Å². The van der Waals surface area contributed by atoms with Gasteiger partial charge in [-0.2, -0.15) is 0 Å². The van der Waals surface area contributed by atoms with Gasteiger partial charge in [-0.15, -0.1) is 0 Å². The van der Waals surface area contributed by atoms with Gasteiger partial charge in [0.15, 0.2) is 0 Å². The van der Waals surface area contributed by atoms with Crippen LogP contribution in [0, 0.1) is 34.5 Å². The van der Waals surface area contributed by atoms with Crippen molar-refractivity contribution in [2.75, 3.05) is 0 Å². The Balaban J connectivity index is 1.61. The van der Waals surface area contributed by atoms with E-state index in [1.165, 1.54) is 32.1 Å². The molecule has 0 amide bonds. The van der Waals surface area contributed by atoms with Crippen LogP contribution in [0.2, 0.25) is 0 Å². The van der Waals surface area contributed by atoms with Crippen molar-refractivity contribution in [3.8, 4) is 0 Å². The molecule has 0 aliphatic heterocycles. The average molecular weight is 306 g/mol. The normalized spacial score (nSPS) is 61.2. The maximum atomic E-state index is 10.5. The van der Waals surface area contributed by atoms with E-state index in [0.29, 0.717) is 16.7 Å². The van der Waals surface area contributed by atoms with E-state index in [-0.39, 0.29) is 6.10 Å². The molecule has 0 heterocycles. The second kappa shape index (κ2) is 4.72. The second-order valence-corrected chi connectivity index (χ2v) is 10.1. The molecule has 0 radical (unpaired) electrons. The van der Waals surface area contributed by atoms with Crippen molar-refractivity contribution < 1.29 is 10.2 Å². The molecule has 4 aliphatic carbocycles. The Kier molecular flexibility index (Phi) is 3.32. The second-order valence-electron chi connectivity index (χ2n) is 10.1. The fourth-order valence-electron chi connectivity index (χ4n) is 7.45. The largest absolute Gasteiger partial charge is 0.393 e. The smallest absolute Gasteiger partial charge is 0.0622 e. The molecule has 4 saturated carbocycles. The summed E-state index contributed by atoms with van der Waals surface area (Å²) in [6.07, 6.45) is 10.6. The number of hydrogen-bond acceptors (Lipinski definition) is 2. The Hall–Kier alpha value is -0.0800. The van der Waals surface area contributed by atoms with Gasteiger partial charge in [0.25, 0.3) is 0 Å². The molecule has 2 heteroatoms. The summed E-state index contributed by atoms with van der Waals surface area (Å²) < 4.78 is 0. The number of aliphatic hydroxyl groups excluding tert-OH is 1. The third-order valence-corrected chi connectivity index (χ3v) is 8.70. The first kappa shape index (κ1) is 15.4. The molecule has 0 aromatic heterocycles. The summed E-state index contributed by atoms with van der Waals surface area (Å²) in [5, 5.41) is 20.8. The van der Waals surface area contributed by atoms with Gasteiger partial charge < -0.3 is 10.2 Å². The third kappa shape index (κ3) is 2.13. The van der Waals surface area contributed by atoms with E-state index in [1.807, 2.05) is 6.92 Å². The minimum Gasteiger partial charge on any atom is -0.393 e. The van der Waals surface area contributed by atoms with Gasteiger partial charge >= 0.3 is 0 Å². The predicted molar refractivity (Wildman–Crippen MR) is 88.4 cm³/mol. The predicted octanol–water partition coefficient (Wildman–Crippen LogP) is 4.14. The van der Waals surface area contributed by atoms with E-state index in [0.717, 1.165) is 43.4 Å². The molecule has 2 N–H and O–H groups in total. The molecular weight excluding hydrogens is 272 g/mol. The summed E-state index contributed by atoms with van der Waals surface area (Å²) in [5.74, 6) is 3.14. The van der Waals surface area contributed by atoms with Crippen molar-refractivity contribution in [1.82, 2.24) is 0 Å². The van der Waals surface area contributed by atoms with Crippen LogP contribution in [0.1, 0.15) is 78.6 Å². The summed E-state index contributed by atoms with van der Waals surface area (Å²) in [6.45, 7) is 7.03. The molecule has 4 aliphatic rings. The molecule has 0 spiro atoms. The average Bonchev–Trinajstić information content (AvgIpc) is 2.74. The van der Waals surface area contributed by atoms with Crippen LogP contribution in [0.15, 0.2) is 0 Å². The number of hydrogen-bond donors (Lipinski definition) is 2. The Labute approximate surface area is 135 Å². The van der Waals surface area contributed by atoms with Crippen LogP contribution in [0.4, 0.5) is 0 Å². The van der Waals surface area contributed by atoms with Gasteiger partial charge in [-0.05, 0) is 99.2 Å². The van der Waals surface area contributed by atoms with Crippen LogP contribution < -0.4 is 0 Å². The molecule has 4 rings (SSSR count). The minimum atomic E-state index is -0.427. The van der Waals surface area contributed by atoms with Crippen LogP contribution in [0.5, 0.6) is 0 Å². The molecular formula is C20H34O2. The van der Waals surface area contributed by atoms with E-state index in [2.05, 4.69) is 13.8 Å². The van der Waals surface area contributed by atoms with Gasteiger partial charge in [-0.25, -0.2) is 0 Å². The molecule has 0 saturated heterocycles. The maximum absolute atomic E-state index is 10.5. The first-order chi connectivity index (χ1) is 10.2. The molecule has 4 fully saturated rings. The van der Waals surface area contributed by atoms with E-state index < -0.39 is 5.60 Å². The zero-order valence-corrected chi connectivity index (χ0v) is 14.6. The van der Waals surface area contributed by atoms with Gasteiger partial charge in [0, 0.05) is 0 Å². The molecule has 0 aromatic carbocycles. The lowest BCUT2D eigenvalue weighted by molar-refractivity contribution is -0.142. The highest BCUT2D eigenvalue weighted by Crippen LogP contribution is 2.66. The molecule has 8 unspecified atom stereocenters. The Bertz CT molecular complexity index is 459. The maximum Gasteiger partial charge on any atom is 0.0622 e. The van der Waals surface area contributed by atoms with E-state index in [4.69, 9.17) is 0 Å². The third-order valence-electron chi connectivity index (χ3n) is 8.70. The molecule has 8 atom stereocenters. The number of aliphatic hydroxyl groups is 2. The summed E-state index contributed by atoms with van der Waals surface area (Å²) in [4.78, 5) is 0. The Morgan fingerprint density at radius 2 is 1.64 bits per heavy atom. The first-order valence-corrected chi connectivity index (χ1v) is 9.64. The highest BCUT2D eigenvalue weighted by Gasteiger charge is 2.59. The fraction of sp³-hybridized carbons (Fsp3) is 1.00. The standard InChI is InChI=1S/C20H34O2/c1-18-7-6-16-15(17(18)10-14(21)12-18)5-4-13-11-19(2,22)8-9-20(13,16)3/h13-17,21-22H,4-12H2,1-3H3. The van der Waals surface area contributed by atoms with Crippen molar-refractivity contribution >= 4 is 0 Å². The quantitative estimate of drug-likeness (QED) is 0.706. The van der Waals surface area contributed by atoms with Crippen molar-refractivity contribution in [3.63, 3.8) is 0 Å². The number of rotatable bonds is 0. The lowest BCUT2D eigenvalue weighted by Crippen LogP contribution is -2.54. The van der Waals surface area contributed by atoms with Crippen molar-refractivity contribution in [1.29, 1.82) is 0 Å². The van der Waals surface area contributed by atoms with Crippen LogP contribution in [0.3, 0.4) is 0 Å². The summed E-state index contributed by atoms with van der Waals surface area (Å²) in [6, 6.07) is 0. The van der Waals surface area contributed by atoms with Gasteiger partial charge in [0.05, 0.1) is 11.7 Å². The van der Waals surface area contributed by atoms with Gasteiger partial charge in [0.2, 0.25) is 0 Å².